The molecule has 128 valence electrons. The maximum absolute atomic E-state index is 12.7. The Hall–Kier alpha value is -2.37. The number of carbonyl (C=O) groups excluding carboxylic acids is 2. The van der Waals surface area contributed by atoms with Crippen LogP contribution in [0, 0.1) is 30.6 Å². The summed E-state index contributed by atoms with van der Waals surface area (Å²) in [5, 5.41) is 12.3. The smallest absolute Gasteiger partial charge is 0.337 e. The van der Waals surface area contributed by atoms with Gasteiger partial charge in [-0.25, -0.2) is 4.79 Å². The summed E-state index contributed by atoms with van der Waals surface area (Å²) in [5.74, 6) is -2.49. The second kappa shape index (κ2) is 6.26. The zero-order chi connectivity index (χ0) is 17.4. The van der Waals surface area contributed by atoms with Gasteiger partial charge in [0.25, 0.3) is 0 Å². The van der Waals surface area contributed by atoms with Crippen molar-refractivity contribution in [2.45, 2.75) is 26.2 Å². The average Bonchev–Trinajstić information content (AvgIpc) is 3.17. The molecule has 0 saturated heterocycles. The third kappa shape index (κ3) is 2.77. The van der Waals surface area contributed by atoms with E-state index in [4.69, 9.17) is 4.74 Å². The van der Waals surface area contributed by atoms with Crippen molar-refractivity contribution in [2.75, 3.05) is 12.4 Å². The number of methoxy groups -OCH3 is 1. The highest BCUT2D eigenvalue weighted by molar-refractivity contribution is 5.98. The van der Waals surface area contributed by atoms with Gasteiger partial charge in [0, 0.05) is 5.69 Å². The van der Waals surface area contributed by atoms with E-state index >= 15 is 0 Å². The maximum atomic E-state index is 12.7. The van der Waals surface area contributed by atoms with Crippen LogP contribution in [-0.4, -0.2) is 30.1 Å². The van der Waals surface area contributed by atoms with Crippen molar-refractivity contribution in [3.8, 4) is 0 Å². The molecule has 4 atom stereocenters. The number of hydrogen-bond acceptors (Lipinski definition) is 4. The number of amides is 1. The van der Waals surface area contributed by atoms with E-state index in [9.17, 15) is 19.5 Å². The molecule has 0 radical (unpaired) electrons. The van der Waals surface area contributed by atoms with Crippen molar-refractivity contribution < 1.29 is 24.2 Å². The van der Waals surface area contributed by atoms with Gasteiger partial charge in [-0.15, -0.1) is 0 Å². The first kappa shape index (κ1) is 16.5. The topological polar surface area (TPSA) is 92.7 Å². The third-order valence-electron chi connectivity index (χ3n) is 5.42. The summed E-state index contributed by atoms with van der Waals surface area (Å²) in [4.78, 5) is 36.0. The van der Waals surface area contributed by atoms with Crippen LogP contribution in [0.1, 0.15) is 35.2 Å². The SMILES string of the molecule is COC(=O)c1ccc(C)c(NC(=O)[C@@H]2[C@@H]3CC[C@@H](C3)[C@@H]2C(=O)O)c1. The van der Waals surface area contributed by atoms with Gasteiger partial charge >= 0.3 is 11.9 Å². The second-order valence-corrected chi connectivity index (χ2v) is 6.73. The minimum absolute atomic E-state index is 0.103. The highest BCUT2D eigenvalue weighted by Crippen LogP contribution is 2.52. The van der Waals surface area contributed by atoms with E-state index < -0.39 is 23.8 Å². The van der Waals surface area contributed by atoms with Gasteiger partial charge in [-0.3, -0.25) is 9.59 Å². The van der Waals surface area contributed by atoms with Gasteiger partial charge < -0.3 is 15.2 Å². The number of fused-ring (bicyclic) bond motifs is 2. The molecule has 6 nitrogen and oxygen atoms in total. The molecule has 1 aromatic rings. The molecule has 0 spiro atoms. The second-order valence-electron chi connectivity index (χ2n) is 6.73. The minimum Gasteiger partial charge on any atom is -0.481 e. The Morgan fingerprint density at radius 1 is 1.17 bits per heavy atom. The molecule has 6 heteroatoms. The lowest BCUT2D eigenvalue weighted by Crippen LogP contribution is -2.38. The quantitative estimate of drug-likeness (QED) is 0.827. The first-order valence-electron chi connectivity index (χ1n) is 8.15. The Morgan fingerprint density at radius 3 is 2.46 bits per heavy atom. The zero-order valence-corrected chi connectivity index (χ0v) is 13.7. The molecule has 2 saturated carbocycles. The van der Waals surface area contributed by atoms with Gasteiger partial charge in [0.05, 0.1) is 24.5 Å². The summed E-state index contributed by atoms with van der Waals surface area (Å²) < 4.78 is 4.70. The Morgan fingerprint density at radius 2 is 1.83 bits per heavy atom. The van der Waals surface area contributed by atoms with Gasteiger partial charge in [-0.1, -0.05) is 6.07 Å². The molecule has 2 aliphatic rings. The van der Waals surface area contributed by atoms with Gasteiger partial charge in [0.1, 0.15) is 0 Å². The summed E-state index contributed by atoms with van der Waals surface area (Å²) >= 11 is 0. The highest BCUT2D eigenvalue weighted by atomic mass is 16.5. The number of carbonyl (C=O) groups is 3. The molecule has 0 unspecified atom stereocenters. The van der Waals surface area contributed by atoms with Crippen LogP contribution in [0.25, 0.3) is 0 Å². The Labute approximate surface area is 140 Å². The van der Waals surface area contributed by atoms with E-state index in [1.807, 2.05) is 6.92 Å². The number of aliphatic carboxylic acids is 1. The molecule has 3 rings (SSSR count). The lowest BCUT2D eigenvalue weighted by atomic mass is 9.78. The molecule has 2 fully saturated rings. The summed E-state index contributed by atoms with van der Waals surface area (Å²) in [7, 11) is 1.30. The van der Waals surface area contributed by atoms with Crippen LogP contribution < -0.4 is 5.32 Å². The number of anilines is 1. The van der Waals surface area contributed by atoms with Crippen molar-refractivity contribution in [2.24, 2.45) is 23.7 Å². The molecule has 2 aliphatic carbocycles. The van der Waals surface area contributed by atoms with E-state index in [2.05, 4.69) is 5.32 Å². The number of hydrogen-bond donors (Lipinski definition) is 2. The molecule has 24 heavy (non-hydrogen) atoms. The Bertz CT molecular complexity index is 699. The van der Waals surface area contributed by atoms with Crippen LogP contribution in [0.3, 0.4) is 0 Å². The first-order valence-corrected chi connectivity index (χ1v) is 8.15. The first-order chi connectivity index (χ1) is 11.4. The van der Waals surface area contributed by atoms with Crippen LogP contribution in [0.2, 0.25) is 0 Å². The number of aryl methyl sites for hydroxylation is 1. The van der Waals surface area contributed by atoms with Crippen LogP contribution in [0.15, 0.2) is 18.2 Å². The summed E-state index contributed by atoms with van der Waals surface area (Å²) in [6.45, 7) is 1.83. The van der Waals surface area contributed by atoms with Crippen LogP contribution in [-0.2, 0) is 14.3 Å². The summed E-state index contributed by atoms with van der Waals surface area (Å²) in [6.07, 6.45) is 2.62. The molecular weight excluding hydrogens is 310 g/mol. The average molecular weight is 331 g/mol. The van der Waals surface area contributed by atoms with Crippen LogP contribution in [0.4, 0.5) is 5.69 Å². The fraction of sp³-hybridized carbons (Fsp3) is 0.500. The zero-order valence-electron chi connectivity index (χ0n) is 13.7. The number of nitrogens with one attached hydrogen (secondary N) is 1. The lowest BCUT2D eigenvalue weighted by Gasteiger charge is -2.27. The van der Waals surface area contributed by atoms with Crippen molar-refractivity contribution in [1.29, 1.82) is 0 Å². The molecule has 1 amide bonds. The van der Waals surface area contributed by atoms with Gasteiger partial charge in [-0.05, 0) is 55.7 Å². The molecule has 0 aromatic heterocycles. The van der Waals surface area contributed by atoms with Crippen molar-refractivity contribution in [3.05, 3.63) is 29.3 Å². The predicted octanol–water partition coefficient (Wildman–Crippen LogP) is 2.47. The minimum atomic E-state index is -0.887. The third-order valence-corrected chi connectivity index (χ3v) is 5.42. The monoisotopic (exact) mass is 331 g/mol. The number of carboxylic acid groups (broad SMARTS) is 1. The molecular formula is C18H21NO5. The summed E-state index contributed by atoms with van der Waals surface area (Å²) in [6, 6.07) is 4.94. The fourth-order valence-corrected chi connectivity index (χ4v) is 4.24. The molecule has 0 aliphatic heterocycles. The van der Waals surface area contributed by atoms with E-state index in [1.165, 1.54) is 7.11 Å². The number of ether oxygens (including phenoxy) is 1. The molecule has 2 N–H and O–H groups in total. The lowest BCUT2D eigenvalue weighted by molar-refractivity contribution is -0.148. The number of rotatable bonds is 4. The Balaban J connectivity index is 1.82. The Kier molecular flexibility index (Phi) is 4.30. The van der Waals surface area contributed by atoms with Gasteiger partial charge in [-0.2, -0.15) is 0 Å². The number of benzene rings is 1. The normalized spacial score (nSPS) is 27.8. The van der Waals surface area contributed by atoms with E-state index in [1.54, 1.807) is 18.2 Å². The number of esters is 1. The van der Waals surface area contributed by atoms with E-state index in [0.29, 0.717) is 11.3 Å². The largest absolute Gasteiger partial charge is 0.481 e. The van der Waals surface area contributed by atoms with E-state index in [0.717, 1.165) is 24.8 Å². The molecule has 2 bridgehead atoms. The highest BCUT2D eigenvalue weighted by Gasteiger charge is 2.54. The van der Waals surface area contributed by atoms with Gasteiger partial charge in [0.15, 0.2) is 0 Å². The maximum Gasteiger partial charge on any atom is 0.337 e. The summed E-state index contributed by atoms with van der Waals surface area (Å²) in [5.41, 5.74) is 1.68. The van der Waals surface area contributed by atoms with E-state index in [-0.39, 0.29) is 17.7 Å². The number of carboxylic acids is 1. The van der Waals surface area contributed by atoms with Crippen LogP contribution >= 0.6 is 0 Å². The standard InChI is InChI=1S/C18H21NO5/c1-9-3-4-12(18(23)24-2)8-13(9)19-16(20)14-10-5-6-11(7-10)15(14)17(21)22/h3-4,8,10-11,14-15H,5-7H2,1-2H3,(H,19,20)(H,21,22)/t10-,11+,14-,15+/m1/s1. The van der Waals surface area contributed by atoms with Crippen molar-refractivity contribution in [1.82, 2.24) is 0 Å². The van der Waals surface area contributed by atoms with Gasteiger partial charge in [0.2, 0.25) is 5.91 Å². The van der Waals surface area contributed by atoms with Crippen LogP contribution in [0.5, 0.6) is 0 Å². The van der Waals surface area contributed by atoms with Crippen molar-refractivity contribution in [3.63, 3.8) is 0 Å². The molecule has 1 aromatic carbocycles. The molecule has 0 heterocycles. The fourth-order valence-electron chi connectivity index (χ4n) is 4.24. The van der Waals surface area contributed by atoms with Crippen molar-refractivity contribution >= 4 is 23.5 Å². The predicted molar refractivity (Wildman–Crippen MR) is 86.6 cm³/mol.